The number of imidazole rings is 1. The number of hydrogen-bond acceptors (Lipinski definition) is 3. The Balaban J connectivity index is 1.77. The minimum absolute atomic E-state index is 0.813. The lowest BCUT2D eigenvalue weighted by molar-refractivity contribution is 0.575. The molecule has 19 heavy (non-hydrogen) atoms. The van der Waals surface area contributed by atoms with E-state index in [0.717, 1.165) is 37.4 Å². The number of nitrogens with one attached hydrogen (secondary N) is 1. The monoisotopic (exact) mass is 260 g/mol. The molecule has 1 heterocycles. The molecule has 0 bridgehead atoms. The summed E-state index contributed by atoms with van der Waals surface area (Å²) in [5, 5.41) is 3.47. The second kappa shape index (κ2) is 7.26. The van der Waals surface area contributed by atoms with Crippen LogP contribution in [0.5, 0.6) is 0 Å². The molecule has 0 aliphatic rings. The van der Waals surface area contributed by atoms with Crippen LogP contribution in [0, 0.1) is 0 Å². The molecule has 0 aliphatic heterocycles. The standard InChI is InChI=1S/C15H24N4/c1-19-14-9-5-4-8-13(14)18-15(19)12-17-11-7-3-2-6-10-16/h4-5,8-9,17H,2-3,6-7,10-12,16H2,1H3. The van der Waals surface area contributed by atoms with E-state index in [2.05, 4.69) is 40.1 Å². The van der Waals surface area contributed by atoms with Crippen molar-refractivity contribution < 1.29 is 0 Å². The molecule has 2 aromatic rings. The average molecular weight is 260 g/mol. The van der Waals surface area contributed by atoms with Crippen LogP contribution in [0.1, 0.15) is 31.5 Å². The molecule has 0 saturated heterocycles. The zero-order valence-electron chi connectivity index (χ0n) is 11.7. The van der Waals surface area contributed by atoms with E-state index >= 15 is 0 Å². The highest BCUT2D eigenvalue weighted by Gasteiger charge is 2.05. The number of nitrogens with two attached hydrogens (primary N) is 1. The first-order chi connectivity index (χ1) is 9.33. The van der Waals surface area contributed by atoms with E-state index in [-0.39, 0.29) is 0 Å². The van der Waals surface area contributed by atoms with Crippen LogP contribution in [0.25, 0.3) is 11.0 Å². The fraction of sp³-hybridized carbons (Fsp3) is 0.533. The van der Waals surface area contributed by atoms with Crippen molar-refractivity contribution in [2.24, 2.45) is 12.8 Å². The van der Waals surface area contributed by atoms with E-state index in [1.54, 1.807) is 0 Å². The van der Waals surface area contributed by atoms with Crippen molar-refractivity contribution in [3.05, 3.63) is 30.1 Å². The number of hydrogen-bond donors (Lipinski definition) is 2. The summed E-state index contributed by atoms with van der Waals surface area (Å²) in [6, 6.07) is 8.26. The molecule has 0 unspecified atom stereocenters. The highest BCUT2D eigenvalue weighted by atomic mass is 15.1. The molecule has 4 nitrogen and oxygen atoms in total. The molecule has 0 amide bonds. The van der Waals surface area contributed by atoms with Crippen molar-refractivity contribution in [3.63, 3.8) is 0 Å². The molecular weight excluding hydrogens is 236 g/mol. The lowest BCUT2D eigenvalue weighted by Crippen LogP contribution is -2.17. The number of unbranched alkanes of at least 4 members (excludes halogenated alkanes) is 3. The molecule has 0 saturated carbocycles. The number of fused-ring (bicyclic) bond motifs is 1. The maximum absolute atomic E-state index is 5.47. The highest BCUT2D eigenvalue weighted by molar-refractivity contribution is 5.75. The molecule has 0 atom stereocenters. The van der Waals surface area contributed by atoms with Gasteiger partial charge in [-0.15, -0.1) is 0 Å². The molecule has 0 radical (unpaired) electrons. The summed E-state index contributed by atoms with van der Waals surface area (Å²) in [4.78, 5) is 4.64. The number of nitrogens with zero attached hydrogens (tertiary/aromatic N) is 2. The quantitative estimate of drug-likeness (QED) is 0.715. The third kappa shape index (κ3) is 3.78. The Hall–Kier alpha value is -1.39. The van der Waals surface area contributed by atoms with Crippen molar-refractivity contribution in [1.82, 2.24) is 14.9 Å². The summed E-state index contributed by atoms with van der Waals surface area (Å²) in [6.07, 6.45) is 4.85. The SMILES string of the molecule is Cn1c(CNCCCCCCN)nc2ccccc21. The van der Waals surface area contributed by atoms with Crippen molar-refractivity contribution in [3.8, 4) is 0 Å². The molecule has 104 valence electrons. The Labute approximate surface area is 115 Å². The molecule has 3 N–H and O–H groups in total. The molecule has 0 aliphatic carbocycles. The van der Waals surface area contributed by atoms with Crippen LogP contribution < -0.4 is 11.1 Å². The summed E-state index contributed by atoms with van der Waals surface area (Å²) in [5.41, 5.74) is 7.74. The van der Waals surface area contributed by atoms with Crippen LogP contribution in [0.2, 0.25) is 0 Å². The second-order valence-electron chi connectivity index (χ2n) is 4.96. The van der Waals surface area contributed by atoms with E-state index in [9.17, 15) is 0 Å². The normalized spacial score (nSPS) is 11.3. The second-order valence-corrected chi connectivity index (χ2v) is 4.96. The molecule has 1 aromatic heterocycles. The number of benzene rings is 1. The maximum atomic E-state index is 5.47. The first kappa shape index (κ1) is 14.0. The van der Waals surface area contributed by atoms with Crippen molar-refractivity contribution in [2.45, 2.75) is 32.2 Å². The Bertz CT molecular complexity index is 504. The summed E-state index contributed by atoms with van der Waals surface area (Å²) in [5.74, 6) is 1.10. The Kier molecular flexibility index (Phi) is 5.36. The molecule has 2 rings (SSSR count). The number of rotatable bonds is 8. The van der Waals surface area contributed by atoms with Gasteiger partial charge in [0, 0.05) is 7.05 Å². The van der Waals surface area contributed by atoms with E-state index in [4.69, 9.17) is 5.73 Å². The topological polar surface area (TPSA) is 55.9 Å². The van der Waals surface area contributed by atoms with Crippen LogP contribution >= 0.6 is 0 Å². The van der Waals surface area contributed by atoms with E-state index in [0.29, 0.717) is 0 Å². The van der Waals surface area contributed by atoms with Gasteiger partial charge in [-0.2, -0.15) is 0 Å². The maximum Gasteiger partial charge on any atom is 0.123 e. The zero-order chi connectivity index (χ0) is 13.5. The average Bonchev–Trinajstić information content (AvgIpc) is 2.75. The Morgan fingerprint density at radius 1 is 1.16 bits per heavy atom. The predicted octanol–water partition coefficient (Wildman–Crippen LogP) is 2.18. The van der Waals surface area contributed by atoms with Gasteiger partial charge < -0.3 is 15.6 Å². The number of aryl methyl sites for hydroxylation is 1. The van der Waals surface area contributed by atoms with Crippen molar-refractivity contribution in [2.75, 3.05) is 13.1 Å². The summed E-state index contributed by atoms with van der Waals surface area (Å²) in [6.45, 7) is 2.70. The first-order valence-corrected chi connectivity index (χ1v) is 7.14. The smallest absolute Gasteiger partial charge is 0.123 e. The van der Waals surface area contributed by atoms with Crippen molar-refractivity contribution >= 4 is 11.0 Å². The van der Waals surface area contributed by atoms with Gasteiger partial charge in [0.15, 0.2) is 0 Å². The van der Waals surface area contributed by atoms with Crippen molar-refractivity contribution in [1.29, 1.82) is 0 Å². The predicted molar refractivity (Wildman–Crippen MR) is 79.9 cm³/mol. The Morgan fingerprint density at radius 2 is 1.95 bits per heavy atom. The largest absolute Gasteiger partial charge is 0.330 e. The number of para-hydroxylation sites is 2. The lowest BCUT2D eigenvalue weighted by Gasteiger charge is -2.05. The van der Waals surface area contributed by atoms with E-state index in [1.165, 1.54) is 24.8 Å². The summed E-state index contributed by atoms with van der Waals surface area (Å²) >= 11 is 0. The van der Waals surface area contributed by atoms with Gasteiger partial charge in [-0.05, 0) is 38.1 Å². The van der Waals surface area contributed by atoms with Gasteiger partial charge in [-0.3, -0.25) is 0 Å². The molecular formula is C15H24N4. The molecule has 1 aromatic carbocycles. The summed E-state index contributed by atoms with van der Waals surface area (Å²) in [7, 11) is 2.08. The van der Waals surface area contributed by atoms with Gasteiger partial charge in [-0.25, -0.2) is 4.98 Å². The minimum Gasteiger partial charge on any atom is -0.330 e. The van der Waals surface area contributed by atoms with E-state index in [1.807, 2.05) is 6.07 Å². The van der Waals surface area contributed by atoms with Crippen LogP contribution in [0.3, 0.4) is 0 Å². The van der Waals surface area contributed by atoms with Gasteiger partial charge in [0.2, 0.25) is 0 Å². The van der Waals surface area contributed by atoms with E-state index < -0.39 is 0 Å². The fourth-order valence-electron chi connectivity index (χ4n) is 2.30. The highest BCUT2D eigenvalue weighted by Crippen LogP contribution is 2.13. The van der Waals surface area contributed by atoms with Gasteiger partial charge >= 0.3 is 0 Å². The van der Waals surface area contributed by atoms with Crippen LogP contribution in [0.15, 0.2) is 24.3 Å². The third-order valence-corrected chi connectivity index (χ3v) is 3.47. The molecule has 0 spiro atoms. The Morgan fingerprint density at radius 3 is 2.74 bits per heavy atom. The van der Waals surface area contributed by atoms with Gasteiger partial charge in [0.25, 0.3) is 0 Å². The fourth-order valence-corrected chi connectivity index (χ4v) is 2.30. The summed E-state index contributed by atoms with van der Waals surface area (Å²) < 4.78 is 2.16. The minimum atomic E-state index is 0.813. The zero-order valence-corrected chi connectivity index (χ0v) is 11.7. The van der Waals surface area contributed by atoms with Crippen LogP contribution in [-0.2, 0) is 13.6 Å². The third-order valence-electron chi connectivity index (χ3n) is 3.47. The van der Waals surface area contributed by atoms with Gasteiger partial charge in [0.05, 0.1) is 17.6 Å². The first-order valence-electron chi connectivity index (χ1n) is 7.14. The molecule has 0 fully saturated rings. The number of aromatic nitrogens is 2. The lowest BCUT2D eigenvalue weighted by atomic mass is 10.2. The van der Waals surface area contributed by atoms with Gasteiger partial charge in [-0.1, -0.05) is 25.0 Å². The van der Waals surface area contributed by atoms with Crippen LogP contribution in [0.4, 0.5) is 0 Å². The molecule has 4 heteroatoms. The van der Waals surface area contributed by atoms with Gasteiger partial charge in [0.1, 0.15) is 5.82 Å². The van der Waals surface area contributed by atoms with Crippen LogP contribution in [-0.4, -0.2) is 22.6 Å².